The summed E-state index contributed by atoms with van der Waals surface area (Å²) < 4.78 is 28.3. The molecule has 1 N–H and O–H groups in total. The van der Waals surface area contributed by atoms with E-state index in [-0.39, 0.29) is 11.7 Å². The summed E-state index contributed by atoms with van der Waals surface area (Å²) in [5.74, 6) is 0.547. The van der Waals surface area contributed by atoms with E-state index >= 15 is 0 Å². The Morgan fingerprint density at radius 2 is 1.77 bits per heavy atom. The van der Waals surface area contributed by atoms with Crippen LogP contribution in [0.4, 0.5) is 8.78 Å². The van der Waals surface area contributed by atoms with Crippen molar-refractivity contribution in [2.45, 2.75) is 11.5 Å². The van der Waals surface area contributed by atoms with Gasteiger partial charge >= 0.3 is 6.61 Å². The Labute approximate surface area is 131 Å². The second kappa shape index (κ2) is 8.38. The van der Waals surface area contributed by atoms with Crippen molar-refractivity contribution < 1.29 is 18.3 Å². The van der Waals surface area contributed by atoms with E-state index in [1.807, 2.05) is 30.3 Å². The summed E-state index contributed by atoms with van der Waals surface area (Å²) in [5.41, 5.74) is 0.409. The van der Waals surface area contributed by atoms with Crippen molar-refractivity contribution >= 4 is 17.7 Å². The maximum Gasteiger partial charge on any atom is 0.387 e. The van der Waals surface area contributed by atoms with Crippen LogP contribution < -0.4 is 10.1 Å². The Hall–Kier alpha value is -2.08. The number of halogens is 2. The summed E-state index contributed by atoms with van der Waals surface area (Å²) in [6, 6.07) is 15.5. The van der Waals surface area contributed by atoms with Crippen molar-refractivity contribution in [2.24, 2.45) is 0 Å². The summed E-state index contributed by atoms with van der Waals surface area (Å²) in [6.45, 7) is -2.34. The van der Waals surface area contributed by atoms with E-state index in [1.165, 1.54) is 24.3 Å². The highest BCUT2D eigenvalue weighted by molar-refractivity contribution is 7.99. The number of hydrogen-bond donors (Lipinski definition) is 1. The van der Waals surface area contributed by atoms with Crippen LogP contribution in [-0.2, 0) is 0 Å². The number of alkyl halides is 2. The fourth-order valence-electron chi connectivity index (χ4n) is 1.74. The molecule has 0 aliphatic carbocycles. The zero-order chi connectivity index (χ0) is 15.8. The fraction of sp³-hybridized carbons (Fsp3) is 0.188. The second-order valence-corrected chi connectivity index (χ2v) is 5.49. The minimum absolute atomic E-state index is 0.0335. The molecule has 2 aromatic carbocycles. The van der Waals surface area contributed by atoms with Crippen LogP contribution in [0.3, 0.4) is 0 Å². The molecule has 2 rings (SSSR count). The molecule has 0 aliphatic heterocycles. The van der Waals surface area contributed by atoms with Crippen molar-refractivity contribution in [3.8, 4) is 5.75 Å². The molecule has 0 saturated carbocycles. The Morgan fingerprint density at radius 3 is 2.41 bits per heavy atom. The summed E-state index contributed by atoms with van der Waals surface area (Å²) in [5, 5.41) is 2.78. The van der Waals surface area contributed by atoms with Crippen molar-refractivity contribution in [1.29, 1.82) is 0 Å². The average molecular weight is 323 g/mol. The van der Waals surface area contributed by atoms with Crippen LogP contribution in [0.1, 0.15) is 10.4 Å². The zero-order valence-corrected chi connectivity index (χ0v) is 12.5. The molecule has 0 spiro atoms. The lowest BCUT2D eigenvalue weighted by Gasteiger charge is -2.07. The first-order valence-electron chi connectivity index (χ1n) is 6.66. The van der Waals surface area contributed by atoms with Gasteiger partial charge in [0.25, 0.3) is 5.91 Å². The van der Waals surface area contributed by atoms with Crippen LogP contribution in [-0.4, -0.2) is 24.8 Å². The molecule has 1 amide bonds. The fourth-order valence-corrected chi connectivity index (χ4v) is 2.53. The quantitative estimate of drug-likeness (QED) is 0.622. The van der Waals surface area contributed by atoms with Gasteiger partial charge in [0.1, 0.15) is 5.75 Å². The van der Waals surface area contributed by atoms with E-state index in [0.717, 1.165) is 10.6 Å². The summed E-state index contributed by atoms with van der Waals surface area (Å²) >= 11 is 1.65. The molecular formula is C16H15F2NO2S. The third kappa shape index (κ3) is 5.37. The lowest BCUT2D eigenvalue weighted by Crippen LogP contribution is -2.25. The van der Waals surface area contributed by atoms with Gasteiger partial charge in [-0.25, -0.2) is 0 Å². The molecule has 0 aliphatic rings. The molecule has 0 fully saturated rings. The summed E-state index contributed by atoms with van der Waals surface area (Å²) in [7, 11) is 0. The van der Waals surface area contributed by atoms with E-state index < -0.39 is 6.61 Å². The third-order valence-corrected chi connectivity index (χ3v) is 3.75. The number of amides is 1. The smallest absolute Gasteiger partial charge is 0.387 e. The maximum absolute atomic E-state index is 12.0. The standard InChI is InChI=1S/C16H15F2NO2S/c17-16(18)21-13-8-6-12(7-9-13)15(20)19-10-11-22-14-4-2-1-3-5-14/h1-9,16H,10-11H2,(H,19,20). The molecule has 6 heteroatoms. The molecule has 0 heterocycles. The number of carbonyl (C=O) groups is 1. The molecule has 22 heavy (non-hydrogen) atoms. The minimum Gasteiger partial charge on any atom is -0.435 e. The predicted molar refractivity (Wildman–Crippen MR) is 82.6 cm³/mol. The maximum atomic E-state index is 12.0. The van der Waals surface area contributed by atoms with E-state index in [0.29, 0.717) is 12.1 Å². The highest BCUT2D eigenvalue weighted by Crippen LogP contribution is 2.16. The van der Waals surface area contributed by atoms with E-state index in [1.54, 1.807) is 11.8 Å². The van der Waals surface area contributed by atoms with Crippen LogP contribution in [0.2, 0.25) is 0 Å². The van der Waals surface area contributed by atoms with Gasteiger partial charge in [0, 0.05) is 22.8 Å². The van der Waals surface area contributed by atoms with Gasteiger partial charge in [0.05, 0.1) is 0 Å². The molecule has 116 valence electrons. The van der Waals surface area contributed by atoms with Gasteiger partial charge in [0.15, 0.2) is 0 Å². The molecule has 3 nitrogen and oxygen atoms in total. The number of thioether (sulfide) groups is 1. The number of hydrogen-bond acceptors (Lipinski definition) is 3. The lowest BCUT2D eigenvalue weighted by molar-refractivity contribution is -0.0498. The van der Waals surface area contributed by atoms with Gasteiger partial charge < -0.3 is 10.1 Å². The molecular weight excluding hydrogens is 308 g/mol. The van der Waals surface area contributed by atoms with Gasteiger partial charge in [-0.05, 0) is 36.4 Å². The Kier molecular flexibility index (Phi) is 6.21. The third-order valence-electron chi connectivity index (χ3n) is 2.74. The van der Waals surface area contributed by atoms with Crippen LogP contribution in [0.25, 0.3) is 0 Å². The first-order chi connectivity index (χ1) is 10.6. The number of carbonyl (C=O) groups excluding carboxylic acids is 1. The molecule has 0 saturated heterocycles. The minimum atomic E-state index is -2.87. The Morgan fingerprint density at radius 1 is 1.09 bits per heavy atom. The molecule has 0 unspecified atom stereocenters. The van der Waals surface area contributed by atoms with Crippen LogP contribution in [0.15, 0.2) is 59.5 Å². The lowest BCUT2D eigenvalue weighted by atomic mass is 10.2. The van der Waals surface area contributed by atoms with Crippen molar-refractivity contribution in [3.63, 3.8) is 0 Å². The molecule has 0 radical (unpaired) electrons. The van der Waals surface area contributed by atoms with E-state index in [9.17, 15) is 13.6 Å². The van der Waals surface area contributed by atoms with Gasteiger partial charge in [-0.3, -0.25) is 4.79 Å². The van der Waals surface area contributed by atoms with Crippen LogP contribution in [0.5, 0.6) is 5.75 Å². The topological polar surface area (TPSA) is 38.3 Å². The van der Waals surface area contributed by atoms with Crippen LogP contribution in [0, 0.1) is 0 Å². The van der Waals surface area contributed by atoms with Crippen molar-refractivity contribution in [1.82, 2.24) is 5.32 Å². The van der Waals surface area contributed by atoms with Gasteiger partial charge in [-0.15, -0.1) is 11.8 Å². The average Bonchev–Trinajstić information content (AvgIpc) is 2.52. The zero-order valence-electron chi connectivity index (χ0n) is 11.7. The number of nitrogens with one attached hydrogen (secondary N) is 1. The Bertz CT molecular complexity index is 591. The second-order valence-electron chi connectivity index (χ2n) is 4.32. The summed E-state index contributed by atoms with van der Waals surface area (Å²) in [4.78, 5) is 13.0. The first-order valence-corrected chi connectivity index (χ1v) is 7.64. The number of benzene rings is 2. The first kappa shape index (κ1) is 16.3. The van der Waals surface area contributed by atoms with Crippen molar-refractivity contribution in [2.75, 3.05) is 12.3 Å². The highest BCUT2D eigenvalue weighted by atomic mass is 32.2. The highest BCUT2D eigenvalue weighted by Gasteiger charge is 2.07. The predicted octanol–water partition coefficient (Wildman–Crippen LogP) is 3.81. The van der Waals surface area contributed by atoms with Crippen LogP contribution >= 0.6 is 11.8 Å². The monoisotopic (exact) mass is 323 g/mol. The van der Waals surface area contributed by atoms with Crippen molar-refractivity contribution in [3.05, 3.63) is 60.2 Å². The summed E-state index contributed by atoms with van der Waals surface area (Å²) in [6.07, 6.45) is 0. The largest absolute Gasteiger partial charge is 0.435 e. The van der Waals surface area contributed by atoms with E-state index in [4.69, 9.17) is 0 Å². The Balaban J connectivity index is 1.75. The number of rotatable bonds is 7. The SMILES string of the molecule is O=C(NCCSc1ccccc1)c1ccc(OC(F)F)cc1. The molecule has 2 aromatic rings. The van der Waals surface area contributed by atoms with Gasteiger partial charge in [-0.2, -0.15) is 8.78 Å². The number of ether oxygens (including phenoxy) is 1. The normalized spacial score (nSPS) is 10.5. The molecule has 0 atom stereocenters. The van der Waals surface area contributed by atoms with Gasteiger partial charge in [-0.1, -0.05) is 18.2 Å². The van der Waals surface area contributed by atoms with E-state index in [2.05, 4.69) is 10.1 Å². The molecule has 0 bridgehead atoms. The molecule has 0 aromatic heterocycles. The van der Waals surface area contributed by atoms with Gasteiger partial charge in [0.2, 0.25) is 0 Å².